The van der Waals surface area contributed by atoms with E-state index in [1.807, 2.05) is 25.6 Å². The van der Waals surface area contributed by atoms with Crippen molar-refractivity contribution >= 4 is 23.8 Å². The van der Waals surface area contributed by atoms with Crippen LogP contribution in [0.4, 0.5) is 4.79 Å². The van der Waals surface area contributed by atoms with Crippen molar-refractivity contribution < 1.29 is 14.7 Å². The number of aliphatic carboxylic acids is 1. The molecule has 3 N–H and O–H groups in total. The average Bonchev–Trinajstić information content (AvgIpc) is 2.35. The lowest BCUT2D eigenvalue weighted by molar-refractivity contribution is -0.137. The second-order valence-electron chi connectivity index (χ2n) is 5.60. The van der Waals surface area contributed by atoms with Crippen LogP contribution in [0.1, 0.15) is 46.0 Å². The molecule has 5 nitrogen and oxygen atoms in total. The number of hydrogen-bond acceptors (Lipinski definition) is 3. The molecule has 0 bridgehead atoms. The van der Waals surface area contributed by atoms with Crippen LogP contribution >= 0.6 is 11.8 Å². The maximum atomic E-state index is 11.8. The van der Waals surface area contributed by atoms with Gasteiger partial charge >= 0.3 is 12.0 Å². The van der Waals surface area contributed by atoms with Gasteiger partial charge in [-0.05, 0) is 38.9 Å². The molecule has 1 saturated heterocycles. The van der Waals surface area contributed by atoms with E-state index in [2.05, 4.69) is 10.6 Å². The molecular weight excluding hydrogens is 264 g/mol. The highest BCUT2D eigenvalue weighted by Gasteiger charge is 2.22. The molecule has 19 heavy (non-hydrogen) atoms. The van der Waals surface area contributed by atoms with Crippen molar-refractivity contribution in [1.82, 2.24) is 10.6 Å². The molecule has 0 radical (unpaired) electrons. The van der Waals surface area contributed by atoms with Crippen LogP contribution in [0.5, 0.6) is 0 Å². The van der Waals surface area contributed by atoms with Crippen molar-refractivity contribution in [2.24, 2.45) is 0 Å². The summed E-state index contributed by atoms with van der Waals surface area (Å²) in [7, 11) is 0. The lowest BCUT2D eigenvalue weighted by atomic mass is 9.99. The molecule has 1 aliphatic rings. The minimum atomic E-state index is -0.839. The summed E-state index contributed by atoms with van der Waals surface area (Å²) in [5.41, 5.74) is -0.498. The number of rotatable bonds is 6. The van der Waals surface area contributed by atoms with Crippen molar-refractivity contribution in [2.45, 2.75) is 56.7 Å². The molecule has 0 saturated carbocycles. The van der Waals surface area contributed by atoms with Crippen LogP contribution in [0.25, 0.3) is 0 Å². The van der Waals surface area contributed by atoms with Crippen LogP contribution in [-0.2, 0) is 4.79 Å². The SMILES string of the molecule is CC(C)(CCC(=O)O)NC(=O)NCC1CCCCS1. The number of amides is 2. The largest absolute Gasteiger partial charge is 0.481 e. The first-order valence-electron chi connectivity index (χ1n) is 6.78. The number of carboxylic acids is 1. The monoisotopic (exact) mass is 288 g/mol. The van der Waals surface area contributed by atoms with E-state index in [0.717, 1.165) is 6.42 Å². The summed E-state index contributed by atoms with van der Waals surface area (Å²) >= 11 is 1.92. The minimum absolute atomic E-state index is 0.0613. The van der Waals surface area contributed by atoms with Crippen LogP contribution in [0.3, 0.4) is 0 Å². The molecule has 1 aliphatic heterocycles. The summed E-state index contributed by atoms with van der Waals surface area (Å²) in [6, 6.07) is -0.207. The first-order chi connectivity index (χ1) is 8.89. The fraction of sp³-hybridized carbons (Fsp3) is 0.846. The van der Waals surface area contributed by atoms with Crippen molar-refractivity contribution in [3.05, 3.63) is 0 Å². The number of carboxylic acid groups (broad SMARTS) is 1. The van der Waals surface area contributed by atoms with E-state index in [-0.39, 0.29) is 12.5 Å². The molecule has 0 spiro atoms. The number of nitrogens with one attached hydrogen (secondary N) is 2. The predicted octanol–water partition coefficient (Wildman–Crippen LogP) is 2.21. The van der Waals surface area contributed by atoms with E-state index < -0.39 is 11.5 Å². The van der Waals surface area contributed by atoms with Gasteiger partial charge in [-0.15, -0.1) is 0 Å². The molecule has 6 heteroatoms. The van der Waals surface area contributed by atoms with Crippen molar-refractivity contribution in [3.63, 3.8) is 0 Å². The summed E-state index contributed by atoms with van der Waals surface area (Å²) in [6.45, 7) is 4.36. The fourth-order valence-electron chi connectivity index (χ4n) is 2.01. The van der Waals surface area contributed by atoms with Crippen molar-refractivity contribution in [2.75, 3.05) is 12.3 Å². The van der Waals surface area contributed by atoms with Crippen molar-refractivity contribution in [3.8, 4) is 0 Å². The predicted molar refractivity (Wildman–Crippen MR) is 77.6 cm³/mol. The molecule has 0 aliphatic carbocycles. The van der Waals surface area contributed by atoms with Crippen LogP contribution in [0.2, 0.25) is 0 Å². The zero-order chi connectivity index (χ0) is 14.3. The van der Waals surface area contributed by atoms with Gasteiger partial charge < -0.3 is 15.7 Å². The normalized spacial score (nSPS) is 19.8. The standard InChI is InChI=1S/C13H24N2O3S/c1-13(2,7-6-11(16)17)15-12(18)14-9-10-5-3-4-8-19-10/h10H,3-9H2,1-2H3,(H,16,17)(H2,14,15,18). The Balaban J connectivity index is 2.23. The fourth-order valence-corrected chi connectivity index (χ4v) is 3.25. The van der Waals surface area contributed by atoms with Gasteiger partial charge in [0.15, 0.2) is 0 Å². The van der Waals surface area contributed by atoms with Gasteiger partial charge in [-0.25, -0.2) is 4.79 Å². The number of hydrogen-bond donors (Lipinski definition) is 3. The average molecular weight is 288 g/mol. The molecule has 1 unspecified atom stereocenters. The highest BCUT2D eigenvalue weighted by atomic mass is 32.2. The first-order valence-corrected chi connectivity index (χ1v) is 7.83. The van der Waals surface area contributed by atoms with Crippen LogP contribution in [-0.4, -0.2) is 40.2 Å². The van der Waals surface area contributed by atoms with Gasteiger partial charge in [0.05, 0.1) is 0 Å². The van der Waals surface area contributed by atoms with E-state index >= 15 is 0 Å². The number of carbonyl (C=O) groups excluding carboxylic acids is 1. The maximum absolute atomic E-state index is 11.8. The highest BCUT2D eigenvalue weighted by molar-refractivity contribution is 7.99. The summed E-state index contributed by atoms with van der Waals surface area (Å²) in [4.78, 5) is 22.3. The number of thioether (sulfide) groups is 1. The maximum Gasteiger partial charge on any atom is 0.315 e. The number of carbonyl (C=O) groups is 2. The Kier molecular flexibility index (Phi) is 6.48. The van der Waals surface area contributed by atoms with Crippen LogP contribution in [0.15, 0.2) is 0 Å². The van der Waals surface area contributed by atoms with E-state index in [0.29, 0.717) is 18.2 Å². The Hall–Kier alpha value is -0.910. The van der Waals surface area contributed by atoms with E-state index in [4.69, 9.17) is 5.11 Å². The Morgan fingerprint density at radius 3 is 2.68 bits per heavy atom. The lowest BCUT2D eigenvalue weighted by Crippen LogP contribution is -2.49. The van der Waals surface area contributed by atoms with Gasteiger partial charge in [-0.2, -0.15) is 11.8 Å². The quantitative estimate of drug-likeness (QED) is 0.700. The van der Waals surface area contributed by atoms with Gasteiger partial charge in [0.2, 0.25) is 0 Å². The zero-order valence-electron chi connectivity index (χ0n) is 11.7. The molecule has 2 amide bonds. The molecule has 0 aromatic carbocycles. The molecular formula is C13H24N2O3S. The van der Waals surface area contributed by atoms with Gasteiger partial charge in [-0.1, -0.05) is 6.42 Å². The smallest absolute Gasteiger partial charge is 0.315 e. The van der Waals surface area contributed by atoms with Gasteiger partial charge in [0.25, 0.3) is 0 Å². The van der Waals surface area contributed by atoms with Crippen LogP contribution < -0.4 is 10.6 Å². The summed E-state index contributed by atoms with van der Waals surface area (Å²) in [5.74, 6) is 0.340. The Bertz CT molecular complexity index is 315. The summed E-state index contributed by atoms with van der Waals surface area (Å²) < 4.78 is 0. The Morgan fingerprint density at radius 1 is 1.37 bits per heavy atom. The third kappa shape index (κ3) is 7.30. The number of urea groups is 1. The topological polar surface area (TPSA) is 78.4 Å². The first kappa shape index (κ1) is 16.1. The highest BCUT2D eigenvalue weighted by Crippen LogP contribution is 2.24. The third-order valence-corrected chi connectivity index (χ3v) is 4.58. The molecule has 1 atom stereocenters. The molecule has 0 aromatic heterocycles. The summed E-state index contributed by atoms with van der Waals surface area (Å²) in [5, 5.41) is 14.9. The lowest BCUT2D eigenvalue weighted by Gasteiger charge is -2.27. The molecule has 0 aromatic rings. The van der Waals surface area contributed by atoms with Gasteiger partial charge in [0.1, 0.15) is 0 Å². The molecule has 110 valence electrons. The minimum Gasteiger partial charge on any atom is -0.481 e. The molecule has 1 fully saturated rings. The Morgan fingerprint density at radius 2 is 2.11 bits per heavy atom. The van der Waals surface area contributed by atoms with Crippen LogP contribution in [0, 0.1) is 0 Å². The summed E-state index contributed by atoms with van der Waals surface area (Å²) in [6.07, 6.45) is 4.16. The van der Waals surface area contributed by atoms with E-state index in [9.17, 15) is 9.59 Å². The molecule has 1 heterocycles. The van der Waals surface area contributed by atoms with E-state index in [1.54, 1.807) is 0 Å². The van der Waals surface area contributed by atoms with E-state index in [1.165, 1.54) is 18.6 Å². The van der Waals surface area contributed by atoms with Gasteiger partial charge in [-0.3, -0.25) is 4.79 Å². The second-order valence-corrected chi connectivity index (χ2v) is 7.01. The Labute approximate surface area is 118 Å². The third-order valence-electron chi connectivity index (χ3n) is 3.18. The van der Waals surface area contributed by atoms with Crippen molar-refractivity contribution in [1.29, 1.82) is 0 Å². The molecule has 1 rings (SSSR count). The zero-order valence-corrected chi connectivity index (χ0v) is 12.5. The second kappa shape index (κ2) is 7.62. The van der Waals surface area contributed by atoms with Gasteiger partial charge in [0, 0.05) is 23.8 Å².